The normalized spacial score (nSPS) is 20.1. The van der Waals surface area contributed by atoms with E-state index in [1.807, 2.05) is 0 Å². The summed E-state index contributed by atoms with van der Waals surface area (Å²) < 4.78 is 45.6. The van der Waals surface area contributed by atoms with Crippen LogP contribution in [0.3, 0.4) is 0 Å². The lowest BCUT2D eigenvalue weighted by molar-refractivity contribution is -0.171. The topological polar surface area (TPSA) is 65.0 Å². The number of amides is 1. The summed E-state index contributed by atoms with van der Waals surface area (Å²) in [7, 11) is 1.26. The van der Waals surface area contributed by atoms with Crippen molar-refractivity contribution in [2.24, 2.45) is 10.9 Å². The van der Waals surface area contributed by atoms with Crippen molar-refractivity contribution in [1.29, 1.82) is 0 Å². The molecule has 1 aliphatic heterocycles. The number of ether oxygens (including phenoxy) is 2. The van der Waals surface area contributed by atoms with E-state index in [2.05, 4.69) is 14.5 Å². The van der Waals surface area contributed by atoms with Gasteiger partial charge in [-0.15, -0.1) is 0 Å². The zero-order valence-corrected chi connectivity index (χ0v) is 8.65. The maximum absolute atomic E-state index is 12.2. The molecule has 0 aromatic heterocycles. The molecule has 0 radical (unpaired) electrons. The monoisotopic (exact) mass is 251 g/mol. The highest BCUT2D eigenvalue weighted by Gasteiger charge is 2.44. The van der Waals surface area contributed by atoms with Gasteiger partial charge < -0.3 is 9.47 Å². The van der Waals surface area contributed by atoms with Crippen LogP contribution < -0.4 is 0 Å². The maximum atomic E-state index is 12.2. The summed E-state index contributed by atoms with van der Waals surface area (Å²) >= 11 is 0. The predicted octanol–water partition coefficient (Wildman–Crippen LogP) is 0.849. The van der Waals surface area contributed by atoms with Gasteiger partial charge in [0.2, 0.25) is 0 Å². The predicted molar refractivity (Wildman–Crippen MR) is 49.1 cm³/mol. The minimum atomic E-state index is -4.71. The highest BCUT2D eigenvalue weighted by molar-refractivity contribution is 6.43. The first kappa shape index (κ1) is 13.4. The van der Waals surface area contributed by atoms with E-state index >= 15 is 0 Å². The van der Waals surface area contributed by atoms with Gasteiger partial charge in [0.25, 0.3) is 5.91 Å². The van der Waals surface area contributed by atoms with E-state index in [0.717, 1.165) is 6.08 Å². The molecule has 0 N–H and O–H groups in total. The molecule has 5 nitrogen and oxygen atoms in total. The van der Waals surface area contributed by atoms with Gasteiger partial charge in [-0.3, -0.25) is 4.79 Å². The lowest BCUT2D eigenvalue weighted by atomic mass is 10.0. The minimum absolute atomic E-state index is 0.372. The fraction of sp³-hybridized carbons (Fsp3) is 0.444. The van der Waals surface area contributed by atoms with Gasteiger partial charge in [0.15, 0.2) is 18.4 Å². The summed E-state index contributed by atoms with van der Waals surface area (Å²) in [6.07, 6.45) is -3.34. The summed E-state index contributed by atoms with van der Waals surface area (Å²) in [6, 6.07) is 0. The molecular formula is C9H8F3NO4. The molecular weight excluding hydrogens is 243 g/mol. The van der Waals surface area contributed by atoms with Crippen LogP contribution >= 0.6 is 0 Å². The van der Waals surface area contributed by atoms with Crippen LogP contribution in [0.25, 0.3) is 0 Å². The second-order valence-electron chi connectivity index (χ2n) is 3.05. The number of alkyl halides is 3. The molecule has 1 amide bonds. The lowest BCUT2D eigenvalue weighted by Crippen LogP contribution is -2.32. The van der Waals surface area contributed by atoms with E-state index in [0.29, 0.717) is 6.08 Å². The van der Waals surface area contributed by atoms with Crippen LogP contribution in [0.5, 0.6) is 0 Å². The van der Waals surface area contributed by atoms with E-state index < -0.39 is 29.7 Å². The lowest BCUT2D eigenvalue weighted by Gasteiger charge is -2.16. The van der Waals surface area contributed by atoms with Crippen molar-refractivity contribution in [3.05, 3.63) is 12.2 Å². The SMILES string of the molecule is COCOC(=O)C1=NC(=O)C(C(F)(F)F)C=C1. The molecule has 0 spiro atoms. The van der Waals surface area contributed by atoms with Crippen LogP contribution in [0.2, 0.25) is 0 Å². The first-order chi connectivity index (χ1) is 7.86. The van der Waals surface area contributed by atoms with E-state index in [1.165, 1.54) is 7.11 Å². The number of esters is 1. The summed E-state index contributed by atoms with van der Waals surface area (Å²) in [6.45, 7) is -0.372. The van der Waals surface area contributed by atoms with Crippen LogP contribution in [-0.2, 0) is 19.1 Å². The van der Waals surface area contributed by atoms with E-state index in [4.69, 9.17) is 0 Å². The number of methoxy groups -OCH3 is 1. The fourth-order valence-corrected chi connectivity index (χ4v) is 1.04. The number of nitrogens with zero attached hydrogens (tertiary/aromatic N) is 1. The number of carbonyl (C=O) groups is 2. The van der Waals surface area contributed by atoms with Crippen molar-refractivity contribution in [2.75, 3.05) is 13.9 Å². The van der Waals surface area contributed by atoms with Crippen molar-refractivity contribution in [1.82, 2.24) is 0 Å². The Hall–Kier alpha value is -1.70. The standard InChI is InChI=1S/C9H8F3NO4/c1-16-4-17-8(15)6-3-2-5(7(14)13-6)9(10,11)12/h2-3,5H,4H2,1H3. The Morgan fingerprint density at radius 2 is 2.18 bits per heavy atom. The highest BCUT2D eigenvalue weighted by Crippen LogP contribution is 2.29. The van der Waals surface area contributed by atoms with Crippen LogP contribution in [-0.4, -0.2) is 37.7 Å². The highest BCUT2D eigenvalue weighted by atomic mass is 19.4. The molecule has 0 saturated carbocycles. The summed E-state index contributed by atoms with van der Waals surface area (Å²) in [5.74, 6) is -4.76. The Morgan fingerprint density at radius 3 is 2.65 bits per heavy atom. The molecule has 0 aromatic rings. The Labute approximate surface area is 93.9 Å². The van der Waals surface area contributed by atoms with Crippen LogP contribution in [0, 0.1) is 5.92 Å². The second-order valence-corrected chi connectivity index (χ2v) is 3.05. The third-order valence-corrected chi connectivity index (χ3v) is 1.81. The number of hydrogen-bond acceptors (Lipinski definition) is 4. The molecule has 0 fully saturated rings. The molecule has 1 rings (SSSR count). The Bertz CT molecular complexity index is 386. The number of dihydropyridines is 1. The van der Waals surface area contributed by atoms with E-state index in [-0.39, 0.29) is 6.79 Å². The van der Waals surface area contributed by atoms with Crippen LogP contribution in [0.4, 0.5) is 13.2 Å². The van der Waals surface area contributed by atoms with Gasteiger partial charge in [-0.25, -0.2) is 9.79 Å². The van der Waals surface area contributed by atoms with Gasteiger partial charge in [-0.05, 0) is 6.08 Å². The van der Waals surface area contributed by atoms with Crippen molar-refractivity contribution < 1.29 is 32.2 Å². The zero-order chi connectivity index (χ0) is 13.1. The van der Waals surface area contributed by atoms with Gasteiger partial charge in [0, 0.05) is 7.11 Å². The average molecular weight is 251 g/mol. The van der Waals surface area contributed by atoms with Crippen molar-refractivity contribution in [3.8, 4) is 0 Å². The largest absolute Gasteiger partial charge is 0.434 e. The van der Waals surface area contributed by atoms with Crippen LogP contribution in [0.1, 0.15) is 0 Å². The molecule has 8 heteroatoms. The third-order valence-electron chi connectivity index (χ3n) is 1.81. The molecule has 0 aliphatic carbocycles. The number of halogens is 3. The Balaban J connectivity index is 2.74. The molecule has 0 bridgehead atoms. The van der Waals surface area contributed by atoms with Gasteiger partial charge >= 0.3 is 12.1 Å². The van der Waals surface area contributed by atoms with Crippen molar-refractivity contribution >= 4 is 17.6 Å². The first-order valence-electron chi connectivity index (χ1n) is 4.39. The average Bonchev–Trinajstić information content (AvgIpc) is 2.23. The maximum Gasteiger partial charge on any atom is 0.403 e. The minimum Gasteiger partial charge on any atom is -0.434 e. The molecule has 94 valence electrons. The molecule has 1 heterocycles. The molecule has 1 unspecified atom stereocenters. The molecule has 0 saturated heterocycles. The Kier molecular flexibility index (Phi) is 4.00. The second kappa shape index (κ2) is 5.09. The van der Waals surface area contributed by atoms with Crippen molar-refractivity contribution in [2.45, 2.75) is 6.18 Å². The summed E-state index contributed by atoms with van der Waals surface area (Å²) in [5.41, 5.74) is -0.479. The summed E-state index contributed by atoms with van der Waals surface area (Å²) in [5, 5.41) is 0. The third kappa shape index (κ3) is 3.38. The smallest absolute Gasteiger partial charge is 0.403 e. The molecule has 0 aromatic carbocycles. The first-order valence-corrected chi connectivity index (χ1v) is 4.39. The molecule has 1 atom stereocenters. The van der Waals surface area contributed by atoms with E-state index in [1.54, 1.807) is 0 Å². The molecule has 1 aliphatic rings. The van der Waals surface area contributed by atoms with E-state index in [9.17, 15) is 22.8 Å². The van der Waals surface area contributed by atoms with Gasteiger partial charge in [0.05, 0.1) is 0 Å². The Morgan fingerprint density at radius 1 is 1.53 bits per heavy atom. The van der Waals surface area contributed by atoms with Crippen LogP contribution in [0.15, 0.2) is 17.1 Å². The van der Waals surface area contributed by atoms with Gasteiger partial charge in [-0.2, -0.15) is 13.2 Å². The number of aliphatic imine (C=N–C) groups is 1. The molecule has 17 heavy (non-hydrogen) atoms. The van der Waals surface area contributed by atoms with Gasteiger partial charge in [0.1, 0.15) is 0 Å². The number of carbonyl (C=O) groups excluding carboxylic acids is 2. The number of hydrogen-bond donors (Lipinski definition) is 0. The summed E-state index contributed by atoms with van der Waals surface area (Å²) in [4.78, 5) is 25.2. The van der Waals surface area contributed by atoms with Crippen molar-refractivity contribution in [3.63, 3.8) is 0 Å². The quantitative estimate of drug-likeness (QED) is 0.551. The zero-order valence-electron chi connectivity index (χ0n) is 8.65. The number of rotatable bonds is 3. The van der Waals surface area contributed by atoms with Gasteiger partial charge in [-0.1, -0.05) is 6.08 Å². The fourth-order valence-electron chi connectivity index (χ4n) is 1.04.